The minimum atomic E-state index is -0.112. The van der Waals surface area contributed by atoms with Crippen molar-refractivity contribution in [1.29, 1.82) is 0 Å². The monoisotopic (exact) mass is 484 g/mol. The molecule has 6 aromatic rings. The van der Waals surface area contributed by atoms with Gasteiger partial charge in [0.2, 0.25) is 5.88 Å². The van der Waals surface area contributed by atoms with Gasteiger partial charge in [0, 0.05) is 11.5 Å². The Morgan fingerprint density at radius 3 is 2.46 bits per heavy atom. The van der Waals surface area contributed by atoms with Crippen LogP contribution in [0.5, 0.6) is 17.4 Å². The second kappa shape index (κ2) is 8.45. The third-order valence-electron chi connectivity index (χ3n) is 7.03. The van der Waals surface area contributed by atoms with Crippen molar-refractivity contribution in [1.82, 2.24) is 19.6 Å². The molecule has 0 saturated carbocycles. The van der Waals surface area contributed by atoms with Crippen LogP contribution in [0.15, 0.2) is 91.3 Å². The van der Waals surface area contributed by atoms with E-state index in [9.17, 15) is 0 Å². The number of aromatic nitrogens is 4. The maximum atomic E-state index is 6.39. The molecular weight excluding hydrogens is 460 g/mol. The first kappa shape index (κ1) is 21.6. The summed E-state index contributed by atoms with van der Waals surface area (Å²) < 4.78 is 14.3. The van der Waals surface area contributed by atoms with Crippen LogP contribution in [-0.4, -0.2) is 19.6 Å². The predicted octanol–water partition coefficient (Wildman–Crippen LogP) is 6.76. The summed E-state index contributed by atoms with van der Waals surface area (Å²) in [5.41, 5.74) is 6.06. The van der Waals surface area contributed by atoms with Gasteiger partial charge >= 0.3 is 0 Å². The number of hydrogen-bond acceptors (Lipinski definition) is 5. The highest BCUT2D eigenvalue weighted by Gasteiger charge is 2.34. The van der Waals surface area contributed by atoms with E-state index >= 15 is 0 Å². The number of hydrogen-bond donors (Lipinski definition) is 0. The number of ether oxygens (including phenoxy) is 2. The van der Waals surface area contributed by atoms with E-state index in [-0.39, 0.29) is 12.5 Å². The van der Waals surface area contributed by atoms with Crippen LogP contribution in [0.4, 0.5) is 0 Å². The van der Waals surface area contributed by atoms with Gasteiger partial charge in [-0.1, -0.05) is 78.9 Å². The fourth-order valence-electron chi connectivity index (χ4n) is 5.35. The van der Waals surface area contributed by atoms with Gasteiger partial charge < -0.3 is 9.47 Å². The van der Waals surface area contributed by atoms with Crippen molar-refractivity contribution in [3.8, 4) is 17.4 Å². The van der Waals surface area contributed by atoms with Crippen LogP contribution in [0.3, 0.4) is 0 Å². The van der Waals surface area contributed by atoms with Crippen LogP contribution in [0.1, 0.15) is 39.6 Å². The van der Waals surface area contributed by atoms with Gasteiger partial charge in [0.05, 0.1) is 5.56 Å². The second-order valence-electron chi connectivity index (χ2n) is 9.41. The Bertz CT molecular complexity index is 1770. The lowest BCUT2D eigenvalue weighted by Gasteiger charge is -2.29. The van der Waals surface area contributed by atoms with Gasteiger partial charge in [-0.3, -0.25) is 0 Å². The average Bonchev–Trinajstić information content (AvgIpc) is 3.35. The van der Waals surface area contributed by atoms with Crippen molar-refractivity contribution in [2.45, 2.75) is 26.4 Å². The maximum Gasteiger partial charge on any atom is 0.228 e. The van der Waals surface area contributed by atoms with Crippen molar-refractivity contribution in [3.05, 3.63) is 125 Å². The average molecular weight is 485 g/mol. The molecule has 1 aliphatic heterocycles. The molecule has 0 N–H and O–H groups in total. The highest BCUT2D eigenvalue weighted by atomic mass is 16.5. The van der Waals surface area contributed by atoms with Crippen molar-refractivity contribution >= 4 is 16.4 Å². The summed E-state index contributed by atoms with van der Waals surface area (Å²) >= 11 is 0. The summed E-state index contributed by atoms with van der Waals surface area (Å²) in [6, 6.07) is 29.1. The molecule has 4 aromatic carbocycles. The quantitative estimate of drug-likeness (QED) is 0.276. The van der Waals surface area contributed by atoms with Gasteiger partial charge in [-0.15, -0.1) is 5.10 Å². The van der Waals surface area contributed by atoms with Gasteiger partial charge in [-0.05, 0) is 47.4 Å². The standard InChI is InChI=1S/C31H24N4O2/c1-19-9-8-10-20(2)29(19)36-17-25-33-30-28-26(22-12-4-3-5-13-22)27-23-14-7-6-11-21(23)15-16-24(27)37-31(28)32-18-35(30)34-25/h3-16,18,26H,17H2,1-2H3/t26-/m0/s1. The Hall–Kier alpha value is -4.71. The molecule has 0 fully saturated rings. The Labute approximate surface area is 214 Å². The smallest absolute Gasteiger partial charge is 0.228 e. The van der Waals surface area contributed by atoms with Gasteiger partial charge in [0.15, 0.2) is 11.5 Å². The van der Waals surface area contributed by atoms with Crippen LogP contribution >= 0.6 is 0 Å². The Morgan fingerprint density at radius 1 is 0.838 bits per heavy atom. The molecule has 0 amide bonds. The summed E-state index contributed by atoms with van der Waals surface area (Å²) in [4.78, 5) is 9.60. The zero-order valence-corrected chi connectivity index (χ0v) is 20.6. The topological polar surface area (TPSA) is 61.5 Å². The summed E-state index contributed by atoms with van der Waals surface area (Å²) in [6.45, 7) is 4.35. The Kier molecular flexibility index (Phi) is 4.92. The summed E-state index contributed by atoms with van der Waals surface area (Å²) in [6.07, 6.45) is 1.66. The fraction of sp³-hybridized carbons (Fsp3) is 0.129. The molecule has 0 bridgehead atoms. The zero-order chi connectivity index (χ0) is 24.9. The van der Waals surface area contributed by atoms with Crippen LogP contribution in [-0.2, 0) is 6.61 Å². The summed E-state index contributed by atoms with van der Waals surface area (Å²) in [5, 5.41) is 7.02. The number of aryl methyl sites for hydroxylation is 2. The lowest BCUT2D eigenvalue weighted by Crippen LogP contribution is -2.15. The maximum absolute atomic E-state index is 6.39. The minimum absolute atomic E-state index is 0.112. The Balaban J connectivity index is 1.39. The van der Waals surface area contributed by atoms with Gasteiger partial charge in [0.1, 0.15) is 24.4 Å². The molecule has 0 radical (unpaired) electrons. The molecule has 6 heteroatoms. The third-order valence-corrected chi connectivity index (χ3v) is 7.03. The lowest BCUT2D eigenvalue weighted by molar-refractivity contribution is 0.292. The molecular formula is C31H24N4O2. The predicted molar refractivity (Wildman–Crippen MR) is 142 cm³/mol. The van der Waals surface area contributed by atoms with E-state index in [1.54, 1.807) is 10.8 Å². The minimum Gasteiger partial charge on any atom is -0.485 e. The van der Waals surface area contributed by atoms with Crippen LogP contribution in [0, 0.1) is 13.8 Å². The molecule has 37 heavy (non-hydrogen) atoms. The zero-order valence-electron chi connectivity index (χ0n) is 20.6. The molecule has 0 saturated heterocycles. The van der Waals surface area contributed by atoms with Gasteiger partial charge in [-0.25, -0.2) is 14.5 Å². The van der Waals surface area contributed by atoms with Crippen LogP contribution in [0.25, 0.3) is 16.4 Å². The van der Waals surface area contributed by atoms with E-state index < -0.39 is 0 Å². The molecule has 2 aromatic heterocycles. The Morgan fingerprint density at radius 2 is 1.62 bits per heavy atom. The number of benzene rings is 4. The van der Waals surface area contributed by atoms with Crippen molar-refractivity contribution in [2.75, 3.05) is 0 Å². The highest BCUT2D eigenvalue weighted by molar-refractivity contribution is 5.90. The molecule has 0 spiro atoms. The van der Waals surface area contributed by atoms with E-state index in [0.29, 0.717) is 11.7 Å². The molecule has 1 atom stereocenters. The lowest BCUT2D eigenvalue weighted by atomic mass is 9.81. The summed E-state index contributed by atoms with van der Waals surface area (Å²) in [7, 11) is 0. The summed E-state index contributed by atoms with van der Waals surface area (Å²) in [5.74, 6) is 2.72. The van der Waals surface area contributed by atoms with Crippen molar-refractivity contribution in [2.24, 2.45) is 0 Å². The molecule has 180 valence electrons. The van der Waals surface area contributed by atoms with Gasteiger partial charge in [-0.2, -0.15) is 0 Å². The first-order chi connectivity index (χ1) is 18.2. The van der Waals surface area contributed by atoms with Crippen molar-refractivity contribution in [3.63, 3.8) is 0 Å². The highest BCUT2D eigenvalue weighted by Crippen LogP contribution is 2.50. The fourth-order valence-corrected chi connectivity index (χ4v) is 5.35. The van der Waals surface area contributed by atoms with Crippen LogP contribution in [0.2, 0.25) is 0 Å². The third kappa shape index (κ3) is 3.52. The molecule has 0 unspecified atom stereocenters. The molecule has 7 rings (SSSR count). The van der Waals surface area contributed by atoms with Gasteiger partial charge in [0.25, 0.3) is 0 Å². The number of fused-ring (bicyclic) bond motifs is 6. The first-order valence-corrected chi connectivity index (χ1v) is 12.3. The SMILES string of the molecule is Cc1cccc(C)c1OCc1nc2c3c(ncn2n1)Oc1ccc2ccccc2c1[C@@H]3c1ccccc1. The van der Waals surface area contributed by atoms with E-state index in [0.717, 1.165) is 50.3 Å². The normalized spacial score (nSPS) is 14.3. The number of para-hydroxylation sites is 1. The van der Waals surface area contributed by atoms with Crippen LogP contribution < -0.4 is 9.47 Å². The van der Waals surface area contributed by atoms with E-state index in [4.69, 9.17) is 19.6 Å². The molecule has 6 nitrogen and oxygen atoms in total. The van der Waals surface area contributed by atoms with E-state index in [1.807, 2.05) is 44.2 Å². The van der Waals surface area contributed by atoms with E-state index in [2.05, 4.69) is 59.6 Å². The number of nitrogens with zero attached hydrogens (tertiary/aromatic N) is 4. The first-order valence-electron chi connectivity index (χ1n) is 12.3. The molecule has 0 aliphatic carbocycles. The van der Waals surface area contributed by atoms with E-state index in [1.165, 1.54) is 5.39 Å². The van der Waals surface area contributed by atoms with Crippen molar-refractivity contribution < 1.29 is 9.47 Å². The molecule has 3 heterocycles. The largest absolute Gasteiger partial charge is 0.485 e. The second-order valence-corrected chi connectivity index (χ2v) is 9.41. The number of rotatable bonds is 4. The molecule has 1 aliphatic rings.